The van der Waals surface area contributed by atoms with Crippen LogP contribution in [0, 0.1) is 20.8 Å². The minimum absolute atomic E-state index is 0.196. The third-order valence-corrected chi connectivity index (χ3v) is 3.71. The Morgan fingerprint density at radius 3 is 2.60 bits per heavy atom. The second-order valence-corrected chi connectivity index (χ2v) is 5.68. The Balaban J connectivity index is 2.00. The smallest absolute Gasteiger partial charge is 0.325 e. The summed E-state index contributed by atoms with van der Waals surface area (Å²) in [6.07, 6.45) is -1.37. The van der Waals surface area contributed by atoms with Crippen molar-refractivity contribution in [3.63, 3.8) is 0 Å². The molecule has 1 aromatic heterocycles. The third kappa shape index (κ3) is 4.57. The zero-order valence-electron chi connectivity index (χ0n) is 14.3. The van der Waals surface area contributed by atoms with Gasteiger partial charge in [-0.2, -0.15) is 5.10 Å². The van der Waals surface area contributed by atoms with Gasteiger partial charge in [-0.3, -0.25) is 14.3 Å². The number of nitrogens with zero attached hydrogens (tertiary/aromatic N) is 2. The first-order valence-corrected chi connectivity index (χ1v) is 7.72. The summed E-state index contributed by atoms with van der Waals surface area (Å²) in [5.41, 5.74) is 2.26. The molecule has 0 saturated carbocycles. The van der Waals surface area contributed by atoms with Crippen LogP contribution in [0.4, 0.5) is 5.69 Å². The number of hydrogen-bond donors (Lipinski definition) is 3. The highest BCUT2D eigenvalue weighted by Crippen LogP contribution is 2.20. The van der Waals surface area contributed by atoms with E-state index in [-0.39, 0.29) is 13.2 Å². The van der Waals surface area contributed by atoms with E-state index < -0.39 is 18.0 Å². The molecule has 1 heterocycles. The number of aliphatic hydroxyl groups is 1. The monoisotopic (exact) mass is 347 g/mol. The number of carbonyl (C=O) groups is 2. The van der Waals surface area contributed by atoms with E-state index in [1.165, 1.54) is 4.68 Å². The highest BCUT2D eigenvalue weighted by Gasteiger charge is 2.21. The predicted octanol–water partition coefficient (Wildman–Crippen LogP) is 1.27. The Morgan fingerprint density at radius 1 is 1.28 bits per heavy atom. The lowest BCUT2D eigenvalue weighted by atomic mass is 10.2. The number of aromatic nitrogens is 2. The van der Waals surface area contributed by atoms with Crippen molar-refractivity contribution in [3.05, 3.63) is 41.2 Å². The van der Waals surface area contributed by atoms with Crippen LogP contribution < -0.4 is 10.1 Å². The van der Waals surface area contributed by atoms with Gasteiger partial charge in [-0.15, -0.1) is 0 Å². The van der Waals surface area contributed by atoms with Gasteiger partial charge in [0.1, 0.15) is 18.9 Å². The van der Waals surface area contributed by atoms with Gasteiger partial charge in [0.25, 0.3) is 5.91 Å². The molecule has 0 fully saturated rings. The van der Waals surface area contributed by atoms with E-state index >= 15 is 0 Å². The standard InChI is InChI=1S/C17H21N3O5/c1-10-6-4-5-7-14(10)25-9-13(21)17(24)18-16-11(2)19-20(12(16)3)8-15(22)23/h4-7,13,21H,8-9H2,1-3H3,(H,18,24)(H,22,23)/t13-/m0/s1. The van der Waals surface area contributed by atoms with Gasteiger partial charge in [0.2, 0.25) is 0 Å². The van der Waals surface area contributed by atoms with E-state index in [1.54, 1.807) is 26.0 Å². The van der Waals surface area contributed by atoms with Crippen LogP contribution in [0.25, 0.3) is 0 Å². The number of ether oxygens (including phenoxy) is 1. The maximum absolute atomic E-state index is 12.2. The minimum Gasteiger partial charge on any atom is -0.490 e. The molecular formula is C17H21N3O5. The highest BCUT2D eigenvalue weighted by molar-refractivity contribution is 5.95. The second kappa shape index (κ2) is 7.80. The first-order valence-electron chi connectivity index (χ1n) is 7.72. The van der Waals surface area contributed by atoms with Crippen LogP contribution in [0.15, 0.2) is 24.3 Å². The van der Waals surface area contributed by atoms with Crippen molar-refractivity contribution in [2.75, 3.05) is 11.9 Å². The van der Waals surface area contributed by atoms with Gasteiger partial charge in [-0.05, 0) is 32.4 Å². The van der Waals surface area contributed by atoms with Crippen molar-refractivity contribution < 1.29 is 24.5 Å². The summed E-state index contributed by atoms with van der Waals surface area (Å²) in [6.45, 7) is 4.66. The van der Waals surface area contributed by atoms with Crippen molar-refractivity contribution in [2.24, 2.45) is 0 Å². The molecule has 1 atom stereocenters. The molecule has 134 valence electrons. The van der Waals surface area contributed by atoms with Crippen LogP contribution in [0.5, 0.6) is 5.75 Å². The molecule has 0 bridgehead atoms. The number of aliphatic carboxylic acids is 1. The average Bonchev–Trinajstić information content (AvgIpc) is 2.80. The fourth-order valence-electron chi connectivity index (χ4n) is 2.33. The van der Waals surface area contributed by atoms with Crippen LogP contribution in [0.2, 0.25) is 0 Å². The van der Waals surface area contributed by atoms with Gasteiger partial charge in [0.15, 0.2) is 6.10 Å². The number of rotatable bonds is 7. The lowest BCUT2D eigenvalue weighted by molar-refractivity contribution is -0.138. The molecule has 0 spiro atoms. The van der Waals surface area contributed by atoms with Crippen LogP contribution >= 0.6 is 0 Å². The molecule has 1 aromatic carbocycles. The largest absolute Gasteiger partial charge is 0.490 e. The summed E-state index contributed by atoms with van der Waals surface area (Å²) in [6, 6.07) is 7.29. The number of nitrogens with one attached hydrogen (secondary N) is 1. The topological polar surface area (TPSA) is 114 Å². The number of carboxylic acid groups (broad SMARTS) is 1. The predicted molar refractivity (Wildman–Crippen MR) is 90.6 cm³/mol. The Hall–Kier alpha value is -2.87. The van der Waals surface area contributed by atoms with Crippen molar-refractivity contribution in [1.82, 2.24) is 9.78 Å². The SMILES string of the molecule is Cc1ccccc1OC[C@H](O)C(=O)Nc1c(C)nn(CC(=O)O)c1C. The van der Waals surface area contributed by atoms with Crippen molar-refractivity contribution in [3.8, 4) is 5.75 Å². The molecule has 25 heavy (non-hydrogen) atoms. The van der Waals surface area contributed by atoms with E-state index in [4.69, 9.17) is 9.84 Å². The summed E-state index contributed by atoms with van der Waals surface area (Å²) in [7, 11) is 0. The summed E-state index contributed by atoms with van der Waals surface area (Å²) in [4.78, 5) is 23.0. The van der Waals surface area contributed by atoms with Gasteiger partial charge in [0, 0.05) is 0 Å². The Kier molecular flexibility index (Phi) is 5.76. The molecule has 3 N–H and O–H groups in total. The Labute approximate surface area is 145 Å². The molecule has 0 radical (unpaired) electrons. The number of aryl methyl sites for hydroxylation is 2. The number of anilines is 1. The van der Waals surface area contributed by atoms with Crippen molar-refractivity contribution in [1.29, 1.82) is 0 Å². The fraction of sp³-hybridized carbons (Fsp3) is 0.353. The Bertz CT molecular complexity index is 785. The van der Waals surface area contributed by atoms with E-state index in [0.29, 0.717) is 22.8 Å². The van der Waals surface area contributed by atoms with E-state index in [1.807, 2.05) is 19.1 Å². The molecule has 0 saturated heterocycles. The molecule has 8 heteroatoms. The van der Waals surface area contributed by atoms with Crippen LogP contribution in [0.1, 0.15) is 17.0 Å². The number of hydrogen-bond acceptors (Lipinski definition) is 5. The van der Waals surface area contributed by atoms with Gasteiger partial charge >= 0.3 is 5.97 Å². The number of para-hydroxylation sites is 1. The molecule has 2 aromatic rings. The molecule has 2 rings (SSSR count). The maximum atomic E-state index is 12.2. The number of aliphatic hydroxyl groups excluding tert-OH is 1. The van der Waals surface area contributed by atoms with E-state index in [9.17, 15) is 14.7 Å². The number of carbonyl (C=O) groups excluding carboxylic acids is 1. The lowest BCUT2D eigenvalue weighted by Gasteiger charge is -2.14. The van der Waals surface area contributed by atoms with Crippen LogP contribution in [0.3, 0.4) is 0 Å². The average molecular weight is 347 g/mol. The molecular weight excluding hydrogens is 326 g/mol. The molecule has 8 nitrogen and oxygen atoms in total. The summed E-state index contributed by atoms with van der Waals surface area (Å²) in [5, 5.41) is 25.5. The fourth-order valence-corrected chi connectivity index (χ4v) is 2.33. The van der Waals surface area contributed by atoms with Crippen LogP contribution in [-0.2, 0) is 16.1 Å². The normalized spacial score (nSPS) is 11.8. The van der Waals surface area contributed by atoms with Gasteiger partial charge < -0.3 is 20.3 Å². The van der Waals surface area contributed by atoms with E-state index in [2.05, 4.69) is 10.4 Å². The van der Waals surface area contributed by atoms with Gasteiger partial charge in [-0.25, -0.2) is 0 Å². The molecule has 0 unspecified atom stereocenters. The third-order valence-electron chi connectivity index (χ3n) is 3.71. The summed E-state index contributed by atoms with van der Waals surface area (Å²) < 4.78 is 6.75. The number of amides is 1. The van der Waals surface area contributed by atoms with Gasteiger partial charge in [0.05, 0.1) is 17.1 Å². The molecule has 0 aliphatic heterocycles. The second-order valence-electron chi connectivity index (χ2n) is 5.68. The molecule has 1 amide bonds. The number of benzene rings is 1. The lowest BCUT2D eigenvalue weighted by Crippen LogP contribution is -2.33. The maximum Gasteiger partial charge on any atom is 0.325 e. The highest BCUT2D eigenvalue weighted by atomic mass is 16.5. The zero-order valence-corrected chi connectivity index (χ0v) is 14.3. The quantitative estimate of drug-likeness (QED) is 0.695. The zero-order chi connectivity index (χ0) is 18.6. The first kappa shape index (κ1) is 18.5. The van der Waals surface area contributed by atoms with Crippen molar-refractivity contribution in [2.45, 2.75) is 33.4 Å². The Morgan fingerprint density at radius 2 is 1.96 bits per heavy atom. The minimum atomic E-state index is -1.37. The van der Waals surface area contributed by atoms with Gasteiger partial charge in [-0.1, -0.05) is 18.2 Å². The van der Waals surface area contributed by atoms with E-state index in [0.717, 1.165) is 5.56 Å². The molecule has 0 aliphatic carbocycles. The summed E-state index contributed by atoms with van der Waals surface area (Å²) >= 11 is 0. The first-order chi connectivity index (χ1) is 11.8. The summed E-state index contributed by atoms with van der Waals surface area (Å²) in [5.74, 6) is -1.08. The van der Waals surface area contributed by atoms with Crippen LogP contribution in [-0.4, -0.2) is 44.6 Å². The van der Waals surface area contributed by atoms with Crippen molar-refractivity contribution >= 4 is 17.6 Å². The molecule has 0 aliphatic rings. The number of carboxylic acids is 1.